The van der Waals surface area contributed by atoms with Crippen LogP contribution in [0.4, 0.5) is 0 Å². The third kappa shape index (κ3) is 12.3. The summed E-state index contributed by atoms with van der Waals surface area (Å²) in [7, 11) is 0. The Labute approximate surface area is 134 Å². The number of alkyl halides is 3. The van der Waals surface area contributed by atoms with E-state index in [1.54, 1.807) is 0 Å². The fourth-order valence-electron chi connectivity index (χ4n) is 2.22. The van der Waals surface area contributed by atoms with Crippen LogP contribution in [0.15, 0.2) is 0 Å². The molecule has 0 aliphatic rings. The molecule has 0 rings (SSSR count). The lowest BCUT2D eigenvalue weighted by atomic mass is 9.97. The standard InChI is InChI=1S/C15H29Cl3O/c1-3-5-6-7-8-9-11-14(15(16,17)18)12-10-13-19-4-2/h14H,3-13H2,1-2H3. The topological polar surface area (TPSA) is 9.23 Å². The molecule has 1 nitrogen and oxygen atoms in total. The Kier molecular flexibility index (Phi) is 13.1. The van der Waals surface area contributed by atoms with Crippen molar-refractivity contribution in [2.75, 3.05) is 13.2 Å². The number of hydrogen-bond donors (Lipinski definition) is 0. The van der Waals surface area contributed by atoms with Crippen LogP contribution in [0.2, 0.25) is 0 Å². The van der Waals surface area contributed by atoms with Crippen molar-refractivity contribution in [3.63, 3.8) is 0 Å². The number of ether oxygens (including phenoxy) is 1. The summed E-state index contributed by atoms with van der Waals surface area (Å²) < 4.78 is 4.21. The van der Waals surface area contributed by atoms with E-state index in [9.17, 15) is 0 Å². The minimum absolute atomic E-state index is 0.157. The van der Waals surface area contributed by atoms with Crippen LogP contribution in [0.5, 0.6) is 0 Å². The molecular formula is C15H29Cl3O. The molecule has 0 aliphatic heterocycles. The van der Waals surface area contributed by atoms with Gasteiger partial charge < -0.3 is 4.74 Å². The van der Waals surface area contributed by atoms with Gasteiger partial charge in [-0.15, -0.1) is 0 Å². The highest BCUT2D eigenvalue weighted by Crippen LogP contribution is 2.40. The van der Waals surface area contributed by atoms with Crippen molar-refractivity contribution in [1.82, 2.24) is 0 Å². The van der Waals surface area contributed by atoms with Gasteiger partial charge in [-0.2, -0.15) is 0 Å². The molecule has 0 saturated heterocycles. The van der Waals surface area contributed by atoms with Gasteiger partial charge in [0.2, 0.25) is 0 Å². The highest BCUT2D eigenvalue weighted by atomic mass is 35.6. The first kappa shape index (κ1) is 19.8. The molecule has 116 valence electrons. The molecule has 0 radical (unpaired) electrons. The van der Waals surface area contributed by atoms with Gasteiger partial charge in [0.05, 0.1) is 0 Å². The number of unbranched alkanes of at least 4 members (excludes halogenated alkanes) is 5. The molecule has 0 aliphatic carbocycles. The van der Waals surface area contributed by atoms with Gasteiger partial charge in [0.1, 0.15) is 0 Å². The number of hydrogen-bond acceptors (Lipinski definition) is 1. The maximum atomic E-state index is 6.06. The SMILES string of the molecule is CCCCCCCCC(CCCOCC)C(Cl)(Cl)Cl. The van der Waals surface area contributed by atoms with Crippen LogP contribution in [0.3, 0.4) is 0 Å². The van der Waals surface area contributed by atoms with Gasteiger partial charge >= 0.3 is 0 Å². The Hall–Kier alpha value is 0.830. The van der Waals surface area contributed by atoms with E-state index >= 15 is 0 Å². The molecule has 0 heterocycles. The first-order chi connectivity index (χ1) is 9.02. The van der Waals surface area contributed by atoms with Gasteiger partial charge in [-0.05, 0) is 26.2 Å². The summed E-state index contributed by atoms with van der Waals surface area (Å²) in [6.45, 7) is 5.76. The van der Waals surface area contributed by atoms with Gasteiger partial charge in [0.25, 0.3) is 0 Å². The van der Waals surface area contributed by atoms with Gasteiger partial charge in [0.15, 0.2) is 3.79 Å². The Bertz CT molecular complexity index is 192. The second-order valence-corrected chi connectivity index (χ2v) is 7.50. The molecular weight excluding hydrogens is 303 g/mol. The molecule has 0 saturated carbocycles. The Balaban J connectivity index is 3.75. The molecule has 0 fully saturated rings. The summed E-state index contributed by atoms with van der Waals surface area (Å²) in [5.41, 5.74) is 0. The van der Waals surface area contributed by atoms with E-state index < -0.39 is 3.79 Å². The van der Waals surface area contributed by atoms with E-state index in [0.29, 0.717) is 0 Å². The average Bonchev–Trinajstić information content (AvgIpc) is 2.34. The third-order valence-corrected chi connectivity index (χ3v) is 4.34. The van der Waals surface area contributed by atoms with Crippen LogP contribution in [0, 0.1) is 5.92 Å². The van der Waals surface area contributed by atoms with E-state index in [-0.39, 0.29) is 5.92 Å². The second-order valence-electron chi connectivity index (χ2n) is 5.13. The van der Waals surface area contributed by atoms with Crippen molar-refractivity contribution < 1.29 is 4.74 Å². The maximum Gasteiger partial charge on any atom is 0.193 e. The molecule has 0 spiro atoms. The Morgan fingerprint density at radius 3 is 2.00 bits per heavy atom. The van der Waals surface area contributed by atoms with Crippen molar-refractivity contribution in [2.24, 2.45) is 5.92 Å². The van der Waals surface area contributed by atoms with Crippen LogP contribution >= 0.6 is 34.8 Å². The fourth-order valence-corrected chi connectivity index (χ4v) is 2.87. The predicted molar refractivity (Wildman–Crippen MR) is 87.5 cm³/mol. The molecule has 0 bridgehead atoms. The number of rotatable bonds is 12. The zero-order chi connectivity index (χ0) is 14.6. The van der Waals surface area contributed by atoms with Crippen molar-refractivity contribution in [1.29, 1.82) is 0 Å². The van der Waals surface area contributed by atoms with Gasteiger partial charge in [0, 0.05) is 19.1 Å². The summed E-state index contributed by atoms with van der Waals surface area (Å²) in [4.78, 5) is 0. The maximum absolute atomic E-state index is 6.06. The molecule has 0 amide bonds. The minimum atomic E-state index is -1.13. The van der Waals surface area contributed by atoms with E-state index in [0.717, 1.165) is 38.9 Å². The second kappa shape index (κ2) is 12.6. The monoisotopic (exact) mass is 330 g/mol. The quantitative estimate of drug-likeness (QED) is 0.291. The molecule has 0 N–H and O–H groups in total. The molecule has 0 aromatic carbocycles. The van der Waals surface area contributed by atoms with Crippen molar-refractivity contribution in [3.05, 3.63) is 0 Å². The highest BCUT2D eigenvalue weighted by molar-refractivity contribution is 6.67. The van der Waals surface area contributed by atoms with Crippen molar-refractivity contribution >= 4 is 34.8 Å². The van der Waals surface area contributed by atoms with Crippen LogP contribution in [-0.4, -0.2) is 17.0 Å². The fraction of sp³-hybridized carbons (Fsp3) is 1.00. The Morgan fingerprint density at radius 1 is 0.842 bits per heavy atom. The summed E-state index contributed by atoms with van der Waals surface area (Å²) in [6.07, 6.45) is 10.6. The van der Waals surface area contributed by atoms with Gasteiger partial charge in [-0.1, -0.05) is 80.3 Å². The minimum Gasteiger partial charge on any atom is -0.382 e. The van der Waals surface area contributed by atoms with E-state index in [4.69, 9.17) is 39.5 Å². The summed E-state index contributed by atoms with van der Waals surface area (Å²) in [6, 6.07) is 0. The lowest BCUT2D eigenvalue weighted by molar-refractivity contribution is 0.139. The zero-order valence-electron chi connectivity index (χ0n) is 12.4. The molecule has 1 unspecified atom stereocenters. The largest absolute Gasteiger partial charge is 0.382 e. The first-order valence-electron chi connectivity index (χ1n) is 7.66. The van der Waals surface area contributed by atoms with Gasteiger partial charge in [-0.25, -0.2) is 0 Å². The molecule has 4 heteroatoms. The number of halogens is 3. The summed E-state index contributed by atoms with van der Waals surface area (Å²) in [5, 5.41) is 0. The summed E-state index contributed by atoms with van der Waals surface area (Å²) >= 11 is 18.2. The van der Waals surface area contributed by atoms with Crippen LogP contribution < -0.4 is 0 Å². The highest BCUT2D eigenvalue weighted by Gasteiger charge is 2.31. The zero-order valence-corrected chi connectivity index (χ0v) is 14.7. The summed E-state index contributed by atoms with van der Waals surface area (Å²) in [5.74, 6) is 0.157. The van der Waals surface area contributed by atoms with Crippen LogP contribution in [0.25, 0.3) is 0 Å². The van der Waals surface area contributed by atoms with Crippen LogP contribution in [0.1, 0.15) is 71.6 Å². The lowest BCUT2D eigenvalue weighted by Gasteiger charge is -2.24. The molecule has 0 aromatic rings. The average molecular weight is 332 g/mol. The van der Waals surface area contributed by atoms with Gasteiger partial charge in [-0.3, -0.25) is 0 Å². The third-order valence-electron chi connectivity index (χ3n) is 3.41. The lowest BCUT2D eigenvalue weighted by Crippen LogP contribution is -2.20. The predicted octanol–water partition coefficient (Wildman–Crippen LogP) is 6.54. The van der Waals surface area contributed by atoms with E-state index in [1.165, 1.54) is 32.1 Å². The normalized spacial score (nSPS) is 13.7. The first-order valence-corrected chi connectivity index (χ1v) is 8.80. The molecule has 1 atom stereocenters. The van der Waals surface area contributed by atoms with E-state index in [2.05, 4.69) is 6.92 Å². The molecule has 19 heavy (non-hydrogen) atoms. The Morgan fingerprint density at radius 2 is 1.42 bits per heavy atom. The van der Waals surface area contributed by atoms with Crippen molar-refractivity contribution in [3.8, 4) is 0 Å². The molecule has 0 aromatic heterocycles. The van der Waals surface area contributed by atoms with Crippen molar-refractivity contribution in [2.45, 2.75) is 75.4 Å². The van der Waals surface area contributed by atoms with Crippen LogP contribution in [-0.2, 0) is 4.74 Å². The van der Waals surface area contributed by atoms with E-state index in [1.807, 2.05) is 6.92 Å². The smallest absolute Gasteiger partial charge is 0.193 e.